The highest BCUT2D eigenvalue weighted by Crippen LogP contribution is 2.71. The van der Waals surface area contributed by atoms with Crippen molar-refractivity contribution in [2.75, 3.05) is 0 Å². The molecule has 4 fully saturated rings. The van der Waals surface area contributed by atoms with Gasteiger partial charge in [0.25, 0.3) is 0 Å². The summed E-state index contributed by atoms with van der Waals surface area (Å²) in [5.41, 5.74) is 2.30. The van der Waals surface area contributed by atoms with Gasteiger partial charge in [0.05, 0.1) is 0 Å². The highest BCUT2D eigenvalue weighted by Gasteiger charge is 2.70. The van der Waals surface area contributed by atoms with E-state index in [1.54, 1.807) is 0 Å². The summed E-state index contributed by atoms with van der Waals surface area (Å²) in [7, 11) is 0. The minimum Gasteiger partial charge on any atom is -0.458 e. The third-order valence-corrected chi connectivity index (χ3v) is 9.66. The van der Waals surface area contributed by atoms with Gasteiger partial charge in [-0.05, 0) is 93.0 Å². The fourth-order valence-corrected chi connectivity index (χ4v) is 8.88. The Balaban J connectivity index is 1.58. The topological polar surface area (TPSA) is 50.2 Å². The Morgan fingerprint density at radius 2 is 2.14 bits per heavy atom. The summed E-state index contributed by atoms with van der Waals surface area (Å²) in [6, 6.07) is 0. The second-order valence-corrected chi connectivity index (χ2v) is 10.5. The number of fused-ring (bicyclic) bond motifs is 6. The first-order valence-corrected chi connectivity index (χ1v) is 11.6. The average Bonchev–Trinajstić information content (AvgIpc) is 3.18. The molecule has 0 bridgehead atoms. The summed E-state index contributed by atoms with van der Waals surface area (Å²) >= 11 is 0. The Kier molecular flexibility index (Phi) is 4.20. The number of allylic oxidation sites excluding steroid dienone is 3. The first kappa shape index (κ1) is 18.6. The molecule has 28 heavy (non-hydrogen) atoms. The molecule has 0 aromatic heterocycles. The summed E-state index contributed by atoms with van der Waals surface area (Å²) < 4.78 is 6.21. The summed E-state index contributed by atoms with van der Waals surface area (Å²) in [4.78, 5) is 12.2. The molecular weight excluding hydrogens is 346 g/mol. The first-order valence-electron chi connectivity index (χ1n) is 11.6. The van der Waals surface area contributed by atoms with Gasteiger partial charge >= 0.3 is 5.97 Å². The van der Waals surface area contributed by atoms with Crippen LogP contribution < -0.4 is 0 Å². The van der Waals surface area contributed by atoms with Gasteiger partial charge in [-0.1, -0.05) is 25.5 Å². The number of nitrogens with one attached hydrogen (secondary N) is 1. The monoisotopic (exact) mass is 381 g/mol. The lowest BCUT2D eigenvalue weighted by molar-refractivity contribution is -0.171. The zero-order chi connectivity index (χ0) is 19.7. The van der Waals surface area contributed by atoms with Gasteiger partial charge in [-0.3, -0.25) is 4.79 Å². The maximum Gasteiger partial charge on any atom is 0.306 e. The van der Waals surface area contributed by atoms with E-state index in [4.69, 9.17) is 10.1 Å². The maximum atomic E-state index is 12.2. The van der Waals surface area contributed by atoms with E-state index in [2.05, 4.69) is 32.6 Å². The molecular formula is C25H35NO2. The second-order valence-electron chi connectivity index (χ2n) is 10.5. The van der Waals surface area contributed by atoms with E-state index in [0.29, 0.717) is 36.0 Å². The molecule has 5 aliphatic rings. The molecule has 5 unspecified atom stereocenters. The molecule has 0 aromatic carbocycles. The van der Waals surface area contributed by atoms with E-state index >= 15 is 0 Å². The molecule has 3 saturated carbocycles. The zero-order valence-corrected chi connectivity index (χ0v) is 17.5. The van der Waals surface area contributed by atoms with Gasteiger partial charge in [-0.15, -0.1) is 6.58 Å². The normalized spacial score (nSPS) is 49.9. The van der Waals surface area contributed by atoms with Crippen LogP contribution in [0.25, 0.3) is 0 Å². The highest BCUT2D eigenvalue weighted by atomic mass is 16.6. The van der Waals surface area contributed by atoms with Gasteiger partial charge in [0.2, 0.25) is 0 Å². The standard InChI is InChI=1S/C25H35NO2/c1-4-16-12-17-13-18(26)6-7-19(17)20-8-10-24(5-2)23(22(16)20)15(3)14-25(24)11-9-21(27)28-25/h4,13,15-16,19-20,22-23,26H,1,5-12,14H2,2-3H3/t15-,16?,19?,20?,22?,23?,24-,25-/m0/s1. The Morgan fingerprint density at radius 1 is 1.32 bits per heavy atom. The van der Waals surface area contributed by atoms with E-state index < -0.39 is 0 Å². The Hall–Kier alpha value is -1.38. The highest BCUT2D eigenvalue weighted by molar-refractivity contribution is 5.93. The minimum absolute atomic E-state index is 0.0303. The molecule has 1 saturated heterocycles. The number of carbonyl (C=O) groups is 1. The van der Waals surface area contributed by atoms with Gasteiger partial charge in [0.15, 0.2) is 0 Å². The lowest BCUT2D eigenvalue weighted by Gasteiger charge is -2.59. The molecule has 4 aliphatic carbocycles. The molecule has 0 aromatic rings. The molecule has 1 N–H and O–H groups in total. The molecule has 3 heteroatoms. The fourth-order valence-electron chi connectivity index (χ4n) is 8.88. The van der Waals surface area contributed by atoms with Crippen molar-refractivity contribution in [2.45, 2.75) is 77.2 Å². The number of hydrogen-bond acceptors (Lipinski definition) is 3. The average molecular weight is 382 g/mol. The van der Waals surface area contributed by atoms with Crippen LogP contribution in [-0.2, 0) is 9.53 Å². The van der Waals surface area contributed by atoms with Crippen LogP contribution in [0.3, 0.4) is 0 Å². The lowest BCUT2D eigenvalue weighted by Crippen LogP contribution is -2.56. The molecule has 0 radical (unpaired) electrons. The van der Waals surface area contributed by atoms with Crippen molar-refractivity contribution in [3.8, 4) is 0 Å². The molecule has 8 atom stereocenters. The quantitative estimate of drug-likeness (QED) is 0.492. The van der Waals surface area contributed by atoms with E-state index in [1.165, 1.54) is 18.4 Å². The minimum atomic E-state index is -0.204. The predicted octanol–water partition coefficient (Wildman–Crippen LogP) is 5.70. The van der Waals surface area contributed by atoms with Crippen LogP contribution >= 0.6 is 0 Å². The van der Waals surface area contributed by atoms with Crippen molar-refractivity contribution >= 4 is 11.7 Å². The predicted molar refractivity (Wildman–Crippen MR) is 111 cm³/mol. The fraction of sp³-hybridized carbons (Fsp3) is 0.760. The van der Waals surface area contributed by atoms with Crippen molar-refractivity contribution in [2.24, 2.45) is 40.9 Å². The Labute approximate surface area is 169 Å². The van der Waals surface area contributed by atoms with Crippen LogP contribution in [-0.4, -0.2) is 17.3 Å². The van der Waals surface area contributed by atoms with E-state index in [-0.39, 0.29) is 17.0 Å². The first-order chi connectivity index (χ1) is 13.4. The van der Waals surface area contributed by atoms with Crippen LogP contribution in [0.2, 0.25) is 0 Å². The van der Waals surface area contributed by atoms with Gasteiger partial charge in [-0.2, -0.15) is 0 Å². The number of carbonyl (C=O) groups excluding carboxylic acids is 1. The van der Waals surface area contributed by atoms with Crippen LogP contribution in [0, 0.1) is 46.3 Å². The maximum absolute atomic E-state index is 12.2. The third-order valence-electron chi connectivity index (χ3n) is 9.66. The van der Waals surface area contributed by atoms with Gasteiger partial charge in [0, 0.05) is 17.5 Å². The van der Waals surface area contributed by atoms with E-state index in [0.717, 1.165) is 50.2 Å². The lowest BCUT2D eigenvalue weighted by atomic mass is 9.46. The largest absolute Gasteiger partial charge is 0.458 e. The second kappa shape index (κ2) is 6.31. The van der Waals surface area contributed by atoms with Crippen LogP contribution in [0.5, 0.6) is 0 Å². The molecule has 1 spiro atoms. The van der Waals surface area contributed by atoms with Gasteiger partial charge in [0.1, 0.15) is 5.60 Å². The summed E-state index contributed by atoms with van der Waals surface area (Å²) in [5.74, 6) is 3.82. The van der Waals surface area contributed by atoms with Gasteiger partial charge < -0.3 is 10.1 Å². The molecule has 1 heterocycles. The zero-order valence-electron chi connectivity index (χ0n) is 17.5. The summed E-state index contributed by atoms with van der Waals surface area (Å²) in [6.45, 7) is 9.03. The summed E-state index contributed by atoms with van der Waals surface area (Å²) in [6.07, 6.45) is 13.8. The molecule has 0 amide bonds. The van der Waals surface area contributed by atoms with Crippen molar-refractivity contribution < 1.29 is 9.53 Å². The summed E-state index contributed by atoms with van der Waals surface area (Å²) in [5, 5.41) is 8.15. The van der Waals surface area contributed by atoms with E-state index in [1.807, 2.05) is 0 Å². The number of esters is 1. The van der Waals surface area contributed by atoms with Crippen molar-refractivity contribution in [1.82, 2.24) is 0 Å². The number of hydrogen-bond donors (Lipinski definition) is 1. The van der Waals surface area contributed by atoms with Crippen LogP contribution in [0.1, 0.15) is 71.6 Å². The molecule has 1 aliphatic heterocycles. The smallest absolute Gasteiger partial charge is 0.306 e. The van der Waals surface area contributed by atoms with E-state index in [9.17, 15) is 4.79 Å². The third kappa shape index (κ3) is 2.28. The van der Waals surface area contributed by atoms with Crippen molar-refractivity contribution in [1.29, 1.82) is 5.41 Å². The van der Waals surface area contributed by atoms with Crippen LogP contribution in [0.4, 0.5) is 0 Å². The molecule has 5 rings (SSSR count). The molecule has 3 nitrogen and oxygen atoms in total. The number of rotatable bonds is 2. The SMILES string of the molecule is C=CC1CC2=CC(=N)CCC2C2CC[C@@]3(CC)C(C12)[C@@H](C)C[C@@]31CCC(=O)O1. The van der Waals surface area contributed by atoms with Crippen molar-refractivity contribution in [3.63, 3.8) is 0 Å². The number of ether oxygens (including phenoxy) is 1. The Morgan fingerprint density at radius 3 is 2.82 bits per heavy atom. The molecule has 152 valence electrons. The van der Waals surface area contributed by atoms with Gasteiger partial charge in [-0.25, -0.2) is 0 Å². The van der Waals surface area contributed by atoms with Crippen molar-refractivity contribution in [3.05, 3.63) is 24.3 Å². The van der Waals surface area contributed by atoms with Crippen LogP contribution in [0.15, 0.2) is 24.3 Å². The Bertz CT molecular complexity index is 754.